The van der Waals surface area contributed by atoms with E-state index in [1.165, 1.54) is 6.07 Å². The highest BCUT2D eigenvalue weighted by molar-refractivity contribution is 5.82. The maximum atomic E-state index is 11.9. The number of rotatable bonds is 10. The number of nitrogens with one attached hydrogen (secondary N) is 1. The van der Waals surface area contributed by atoms with Gasteiger partial charge in [-0.15, -0.1) is 0 Å². The number of ether oxygens (including phenoxy) is 3. The molecule has 0 saturated heterocycles. The van der Waals surface area contributed by atoms with Gasteiger partial charge >= 0.3 is 0 Å². The SMILES string of the molecule is CCN(CCCOc1cc2[nH]ccc(=O)c2cc1OC)CCOC. The zero-order chi connectivity index (χ0) is 17.4. The molecule has 1 aromatic heterocycles. The van der Waals surface area contributed by atoms with Crippen LogP contribution in [0, 0.1) is 0 Å². The van der Waals surface area contributed by atoms with Crippen LogP contribution < -0.4 is 14.9 Å². The van der Waals surface area contributed by atoms with Crippen LogP contribution in [0.5, 0.6) is 11.5 Å². The summed E-state index contributed by atoms with van der Waals surface area (Å²) in [5.41, 5.74) is 0.707. The van der Waals surface area contributed by atoms with E-state index >= 15 is 0 Å². The molecule has 0 amide bonds. The Kier molecular flexibility index (Phi) is 7.08. The summed E-state index contributed by atoms with van der Waals surface area (Å²) in [6.45, 7) is 6.33. The van der Waals surface area contributed by atoms with Gasteiger partial charge in [-0.05, 0) is 19.0 Å². The number of aromatic nitrogens is 1. The average molecular weight is 334 g/mol. The molecule has 1 heterocycles. The normalized spacial score (nSPS) is 11.2. The third-order valence-electron chi connectivity index (χ3n) is 3.98. The minimum Gasteiger partial charge on any atom is -0.493 e. The molecule has 1 aromatic carbocycles. The van der Waals surface area contributed by atoms with Crippen molar-refractivity contribution in [3.05, 3.63) is 34.6 Å². The third kappa shape index (κ3) is 4.72. The van der Waals surface area contributed by atoms with Crippen LogP contribution in [-0.2, 0) is 4.74 Å². The molecular weight excluding hydrogens is 308 g/mol. The second-order valence-electron chi connectivity index (χ2n) is 5.52. The van der Waals surface area contributed by atoms with Crippen molar-refractivity contribution in [2.45, 2.75) is 13.3 Å². The molecule has 0 aliphatic rings. The Morgan fingerprint density at radius 1 is 1.12 bits per heavy atom. The summed E-state index contributed by atoms with van der Waals surface area (Å²) < 4.78 is 16.3. The first-order valence-electron chi connectivity index (χ1n) is 8.23. The monoisotopic (exact) mass is 334 g/mol. The van der Waals surface area contributed by atoms with Gasteiger partial charge in [0.15, 0.2) is 16.9 Å². The molecule has 0 aliphatic carbocycles. The van der Waals surface area contributed by atoms with Crippen LogP contribution >= 0.6 is 0 Å². The van der Waals surface area contributed by atoms with Gasteiger partial charge in [0.2, 0.25) is 0 Å². The van der Waals surface area contributed by atoms with E-state index in [2.05, 4.69) is 16.8 Å². The summed E-state index contributed by atoms with van der Waals surface area (Å²) in [5.74, 6) is 1.22. The Balaban J connectivity index is 1.98. The highest BCUT2D eigenvalue weighted by atomic mass is 16.5. The Labute approximate surface area is 142 Å². The van der Waals surface area contributed by atoms with E-state index in [1.807, 2.05) is 6.07 Å². The fourth-order valence-corrected chi connectivity index (χ4v) is 2.57. The molecule has 6 heteroatoms. The molecule has 0 saturated carbocycles. The number of likely N-dealkylation sites (N-methyl/N-ethyl adjacent to an activating group) is 1. The predicted octanol–water partition coefficient (Wildman–Crippen LogP) is 2.27. The van der Waals surface area contributed by atoms with Crippen LogP contribution in [0.3, 0.4) is 0 Å². The number of H-pyrrole nitrogens is 1. The number of methoxy groups -OCH3 is 2. The van der Waals surface area contributed by atoms with E-state index in [4.69, 9.17) is 14.2 Å². The minimum absolute atomic E-state index is 0.0367. The molecular formula is C18H26N2O4. The number of fused-ring (bicyclic) bond motifs is 1. The number of hydrogen-bond donors (Lipinski definition) is 1. The van der Waals surface area contributed by atoms with Gasteiger partial charge in [-0.1, -0.05) is 6.92 Å². The summed E-state index contributed by atoms with van der Waals surface area (Å²) in [6, 6.07) is 5.04. The molecule has 6 nitrogen and oxygen atoms in total. The summed E-state index contributed by atoms with van der Waals surface area (Å²) in [4.78, 5) is 17.3. The van der Waals surface area contributed by atoms with E-state index < -0.39 is 0 Å². The molecule has 132 valence electrons. The molecule has 0 spiro atoms. The maximum Gasteiger partial charge on any atom is 0.189 e. The predicted molar refractivity (Wildman–Crippen MR) is 95.2 cm³/mol. The molecule has 0 fully saturated rings. The fraction of sp³-hybridized carbons (Fsp3) is 0.500. The Morgan fingerprint density at radius 3 is 2.67 bits per heavy atom. The van der Waals surface area contributed by atoms with E-state index in [9.17, 15) is 4.79 Å². The average Bonchev–Trinajstić information content (AvgIpc) is 2.61. The van der Waals surface area contributed by atoms with Gasteiger partial charge in [0, 0.05) is 43.9 Å². The number of hydrogen-bond acceptors (Lipinski definition) is 5. The molecule has 1 N–H and O–H groups in total. The van der Waals surface area contributed by atoms with Gasteiger partial charge in [-0.3, -0.25) is 4.79 Å². The van der Waals surface area contributed by atoms with Gasteiger partial charge in [0.25, 0.3) is 0 Å². The van der Waals surface area contributed by atoms with Crippen molar-refractivity contribution in [1.29, 1.82) is 0 Å². The van der Waals surface area contributed by atoms with Crippen molar-refractivity contribution in [3.63, 3.8) is 0 Å². The zero-order valence-electron chi connectivity index (χ0n) is 14.6. The Bertz CT molecular complexity index is 699. The topological polar surface area (TPSA) is 63.8 Å². The smallest absolute Gasteiger partial charge is 0.189 e. The Morgan fingerprint density at radius 2 is 1.96 bits per heavy atom. The van der Waals surface area contributed by atoms with E-state index in [1.54, 1.807) is 26.5 Å². The molecule has 0 unspecified atom stereocenters. The molecule has 2 rings (SSSR count). The van der Waals surface area contributed by atoms with Gasteiger partial charge in [0.1, 0.15) is 0 Å². The highest BCUT2D eigenvalue weighted by Crippen LogP contribution is 2.30. The van der Waals surface area contributed by atoms with Gasteiger partial charge < -0.3 is 24.1 Å². The number of pyridine rings is 1. The van der Waals surface area contributed by atoms with Crippen LogP contribution in [0.1, 0.15) is 13.3 Å². The van der Waals surface area contributed by atoms with Crippen molar-refractivity contribution < 1.29 is 14.2 Å². The van der Waals surface area contributed by atoms with Gasteiger partial charge in [-0.25, -0.2) is 0 Å². The third-order valence-corrected chi connectivity index (χ3v) is 3.98. The lowest BCUT2D eigenvalue weighted by atomic mass is 10.2. The van der Waals surface area contributed by atoms with Gasteiger partial charge in [0.05, 0.1) is 25.8 Å². The molecule has 0 aliphatic heterocycles. The lowest BCUT2D eigenvalue weighted by Gasteiger charge is -2.20. The maximum absolute atomic E-state index is 11.9. The summed E-state index contributed by atoms with van der Waals surface area (Å²) in [5, 5.41) is 0.596. The van der Waals surface area contributed by atoms with Gasteiger partial charge in [-0.2, -0.15) is 0 Å². The minimum atomic E-state index is -0.0367. The first kappa shape index (κ1) is 18.3. The summed E-state index contributed by atoms with van der Waals surface area (Å²) in [7, 11) is 3.29. The van der Waals surface area contributed by atoms with E-state index in [0.717, 1.165) is 38.2 Å². The molecule has 0 bridgehead atoms. The van der Waals surface area contributed by atoms with Crippen molar-refractivity contribution in [3.8, 4) is 11.5 Å². The van der Waals surface area contributed by atoms with Crippen LogP contribution in [-0.4, -0.2) is 57.0 Å². The summed E-state index contributed by atoms with van der Waals surface area (Å²) in [6.07, 6.45) is 2.54. The number of aromatic amines is 1. The largest absolute Gasteiger partial charge is 0.493 e. The van der Waals surface area contributed by atoms with Crippen molar-refractivity contribution in [2.75, 3.05) is 47.1 Å². The van der Waals surface area contributed by atoms with Crippen molar-refractivity contribution >= 4 is 10.9 Å². The second kappa shape index (κ2) is 9.30. The molecule has 0 radical (unpaired) electrons. The van der Waals surface area contributed by atoms with Crippen molar-refractivity contribution in [1.82, 2.24) is 9.88 Å². The fourth-order valence-electron chi connectivity index (χ4n) is 2.57. The first-order valence-corrected chi connectivity index (χ1v) is 8.23. The number of nitrogens with zero attached hydrogens (tertiary/aromatic N) is 1. The first-order chi connectivity index (χ1) is 11.7. The summed E-state index contributed by atoms with van der Waals surface area (Å²) >= 11 is 0. The van der Waals surface area contributed by atoms with Crippen LogP contribution in [0.2, 0.25) is 0 Å². The van der Waals surface area contributed by atoms with Crippen molar-refractivity contribution in [2.24, 2.45) is 0 Å². The van der Waals surface area contributed by atoms with E-state index in [-0.39, 0.29) is 5.43 Å². The van der Waals surface area contributed by atoms with Crippen LogP contribution in [0.4, 0.5) is 0 Å². The second-order valence-corrected chi connectivity index (χ2v) is 5.52. The zero-order valence-corrected chi connectivity index (χ0v) is 14.6. The van der Waals surface area contributed by atoms with Crippen LogP contribution in [0.15, 0.2) is 29.2 Å². The standard InChI is InChI=1S/C18H26N2O4/c1-4-20(9-11-22-2)8-5-10-24-18-13-15-14(12-17(18)23-3)16(21)6-7-19-15/h6-7,12-13H,4-5,8-11H2,1-3H3,(H,19,21). The van der Waals surface area contributed by atoms with E-state index in [0.29, 0.717) is 23.5 Å². The quantitative estimate of drug-likeness (QED) is 0.675. The lowest BCUT2D eigenvalue weighted by Crippen LogP contribution is -2.29. The van der Waals surface area contributed by atoms with Crippen LogP contribution in [0.25, 0.3) is 10.9 Å². The molecule has 0 atom stereocenters. The Hall–Kier alpha value is -2.05. The number of benzene rings is 1. The highest BCUT2D eigenvalue weighted by Gasteiger charge is 2.09. The lowest BCUT2D eigenvalue weighted by molar-refractivity contribution is 0.145. The molecule has 24 heavy (non-hydrogen) atoms. The molecule has 2 aromatic rings.